The first-order chi connectivity index (χ1) is 9.75. The van der Waals surface area contributed by atoms with Gasteiger partial charge in [0.1, 0.15) is 11.5 Å². The maximum absolute atomic E-state index is 5.58. The summed E-state index contributed by atoms with van der Waals surface area (Å²) in [6.07, 6.45) is 7.01. The molecule has 3 nitrogen and oxygen atoms in total. The van der Waals surface area contributed by atoms with Gasteiger partial charge in [0.2, 0.25) is 0 Å². The van der Waals surface area contributed by atoms with Crippen molar-refractivity contribution >= 4 is 0 Å². The van der Waals surface area contributed by atoms with Crippen molar-refractivity contribution in [3.8, 4) is 0 Å². The molecular formula is C17H25NO2. The van der Waals surface area contributed by atoms with Gasteiger partial charge in [0.05, 0.1) is 19.1 Å². The molecule has 3 heteroatoms. The van der Waals surface area contributed by atoms with E-state index < -0.39 is 0 Å². The third-order valence-electron chi connectivity index (χ3n) is 3.59. The second-order valence-electron chi connectivity index (χ2n) is 5.73. The predicted molar refractivity (Wildman–Crippen MR) is 80.6 cm³/mol. The molecule has 1 N–H and O–H groups in total. The summed E-state index contributed by atoms with van der Waals surface area (Å²) in [6, 6.07) is 7.99. The maximum Gasteiger partial charge on any atom is 0.117 e. The zero-order valence-corrected chi connectivity index (χ0v) is 12.5. The van der Waals surface area contributed by atoms with Crippen LogP contribution in [0.4, 0.5) is 0 Å². The van der Waals surface area contributed by atoms with Gasteiger partial charge in [-0.15, -0.1) is 0 Å². The van der Waals surface area contributed by atoms with Crippen molar-refractivity contribution in [1.82, 2.24) is 5.32 Å². The van der Waals surface area contributed by atoms with Crippen molar-refractivity contribution in [2.75, 3.05) is 6.54 Å². The Hall–Kier alpha value is -1.48. The Morgan fingerprint density at radius 3 is 2.45 bits per heavy atom. The summed E-state index contributed by atoms with van der Waals surface area (Å²) in [7, 11) is 0. The molecule has 0 radical (unpaired) electrons. The van der Waals surface area contributed by atoms with E-state index in [-0.39, 0.29) is 0 Å². The second-order valence-corrected chi connectivity index (χ2v) is 5.73. The summed E-state index contributed by atoms with van der Waals surface area (Å²) in [5, 5.41) is 3.43. The van der Waals surface area contributed by atoms with E-state index in [0.717, 1.165) is 36.9 Å². The lowest BCUT2D eigenvalue weighted by Gasteiger charge is -2.16. The summed E-state index contributed by atoms with van der Waals surface area (Å²) >= 11 is 0. The van der Waals surface area contributed by atoms with Gasteiger partial charge in [-0.3, -0.25) is 0 Å². The highest BCUT2D eigenvalue weighted by atomic mass is 16.3. The molecule has 0 unspecified atom stereocenters. The van der Waals surface area contributed by atoms with Gasteiger partial charge in [-0.1, -0.05) is 20.3 Å². The molecule has 0 aliphatic carbocycles. The summed E-state index contributed by atoms with van der Waals surface area (Å²) in [5.74, 6) is 3.35. The Bertz CT molecular complexity index is 445. The summed E-state index contributed by atoms with van der Waals surface area (Å²) in [5.41, 5.74) is 0. The fraction of sp³-hybridized carbons (Fsp3) is 0.529. The molecule has 2 heterocycles. The first-order valence-electron chi connectivity index (χ1n) is 7.52. The topological polar surface area (TPSA) is 38.3 Å². The van der Waals surface area contributed by atoms with E-state index in [4.69, 9.17) is 8.83 Å². The summed E-state index contributed by atoms with van der Waals surface area (Å²) in [6.45, 7) is 6.31. The fourth-order valence-electron chi connectivity index (χ4n) is 2.39. The second kappa shape index (κ2) is 7.95. The van der Waals surface area contributed by atoms with E-state index in [0.29, 0.717) is 5.92 Å². The van der Waals surface area contributed by atoms with Crippen LogP contribution >= 0.6 is 0 Å². The average molecular weight is 275 g/mol. The highest BCUT2D eigenvalue weighted by molar-refractivity contribution is 5.05. The molecule has 0 bridgehead atoms. The van der Waals surface area contributed by atoms with Gasteiger partial charge in [0.25, 0.3) is 0 Å². The highest BCUT2D eigenvalue weighted by Gasteiger charge is 2.14. The van der Waals surface area contributed by atoms with Crippen LogP contribution in [0.1, 0.15) is 50.5 Å². The smallest absolute Gasteiger partial charge is 0.117 e. The molecule has 0 spiro atoms. The first-order valence-corrected chi connectivity index (χ1v) is 7.52. The molecule has 0 aliphatic heterocycles. The number of furan rings is 2. The Balaban J connectivity index is 1.75. The highest BCUT2D eigenvalue weighted by Crippen LogP contribution is 2.26. The Morgan fingerprint density at radius 2 is 1.80 bits per heavy atom. The lowest BCUT2D eigenvalue weighted by atomic mass is 9.93. The first kappa shape index (κ1) is 14.9. The molecule has 0 amide bonds. The van der Waals surface area contributed by atoms with E-state index in [1.54, 1.807) is 12.5 Å². The van der Waals surface area contributed by atoms with Crippen LogP contribution in [0.5, 0.6) is 0 Å². The van der Waals surface area contributed by atoms with E-state index in [1.165, 1.54) is 12.8 Å². The predicted octanol–water partition coefficient (Wildman–Crippen LogP) is 4.57. The van der Waals surface area contributed by atoms with Crippen LogP contribution in [0.3, 0.4) is 0 Å². The van der Waals surface area contributed by atoms with E-state index in [2.05, 4.69) is 25.2 Å². The molecular weight excluding hydrogens is 250 g/mol. The molecule has 2 aromatic heterocycles. The molecule has 2 aromatic rings. The SMILES string of the molecule is CC(C)CC[C@H](CCNCc1ccco1)c1ccco1. The van der Waals surface area contributed by atoms with Crippen molar-refractivity contribution < 1.29 is 8.83 Å². The summed E-state index contributed by atoms with van der Waals surface area (Å²) in [4.78, 5) is 0. The van der Waals surface area contributed by atoms with Gasteiger partial charge in [-0.05, 0) is 49.6 Å². The molecule has 0 fully saturated rings. The third-order valence-corrected chi connectivity index (χ3v) is 3.59. The van der Waals surface area contributed by atoms with Gasteiger partial charge in [0.15, 0.2) is 0 Å². The van der Waals surface area contributed by atoms with Gasteiger partial charge in [0, 0.05) is 5.92 Å². The number of hydrogen-bond acceptors (Lipinski definition) is 3. The lowest BCUT2D eigenvalue weighted by Crippen LogP contribution is -2.17. The maximum atomic E-state index is 5.58. The van der Waals surface area contributed by atoms with E-state index >= 15 is 0 Å². The van der Waals surface area contributed by atoms with Crippen LogP contribution in [0.2, 0.25) is 0 Å². The van der Waals surface area contributed by atoms with Crippen molar-refractivity contribution in [2.24, 2.45) is 5.92 Å². The number of rotatable bonds is 9. The zero-order chi connectivity index (χ0) is 14.2. The van der Waals surface area contributed by atoms with Crippen LogP contribution in [-0.4, -0.2) is 6.54 Å². The Morgan fingerprint density at radius 1 is 1.00 bits per heavy atom. The fourth-order valence-corrected chi connectivity index (χ4v) is 2.39. The van der Waals surface area contributed by atoms with Crippen LogP contribution < -0.4 is 5.32 Å². The van der Waals surface area contributed by atoms with Crippen LogP contribution in [-0.2, 0) is 6.54 Å². The van der Waals surface area contributed by atoms with Gasteiger partial charge < -0.3 is 14.2 Å². The van der Waals surface area contributed by atoms with Crippen LogP contribution in [0.15, 0.2) is 45.6 Å². The van der Waals surface area contributed by atoms with Gasteiger partial charge >= 0.3 is 0 Å². The normalized spacial score (nSPS) is 12.9. The minimum absolute atomic E-state index is 0.511. The summed E-state index contributed by atoms with van der Waals surface area (Å²) < 4.78 is 10.9. The molecule has 0 saturated carbocycles. The van der Waals surface area contributed by atoms with Crippen molar-refractivity contribution in [1.29, 1.82) is 0 Å². The number of hydrogen-bond donors (Lipinski definition) is 1. The quantitative estimate of drug-likeness (QED) is 0.681. The standard InChI is InChI=1S/C17H25NO2/c1-14(2)7-8-15(17-6-4-12-20-17)9-10-18-13-16-5-3-11-19-16/h3-6,11-12,14-15,18H,7-10,13H2,1-2H3/t15-/m1/s1. The van der Waals surface area contributed by atoms with Crippen molar-refractivity contribution in [2.45, 2.75) is 45.6 Å². The van der Waals surface area contributed by atoms with Crippen molar-refractivity contribution in [3.63, 3.8) is 0 Å². The van der Waals surface area contributed by atoms with Crippen LogP contribution in [0.25, 0.3) is 0 Å². The number of nitrogens with one attached hydrogen (secondary N) is 1. The molecule has 0 aliphatic rings. The molecule has 20 heavy (non-hydrogen) atoms. The van der Waals surface area contributed by atoms with Gasteiger partial charge in [-0.25, -0.2) is 0 Å². The Kier molecular flexibility index (Phi) is 5.93. The van der Waals surface area contributed by atoms with E-state index in [1.807, 2.05) is 18.2 Å². The molecule has 2 rings (SSSR count). The minimum Gasteiger partial charge on any atom is -0.469 e. The monoisotopic (exact) mass is 275 g/mol. The zero-order valence-electron chi connectivity index (χ0n) is 12.5. The van der Waals surface area contributed by atoms with E-state index in [9.17, 15) is 0 Å². The molecule has 1 atom stereocenters. The third kappa shape index (κ3) is 4.89. The lowest BCUT2D eigenvalue weighted by molar-refractivity contribution is 0.393. The van der Waals surface area contributed by atoms with Gasteiger partial charge in [-0.2, -0.15) is 0 Å². The molecule has 0 saturated heterocycles. The average Bonchev–Trinajstić information content (AvgIpc) is 3.10. The van der Waals surface area contributed by atoms with Crippen LogP contribution in [0, 0.1) is 5.92 Å². The van der Waals surface area contributed by atoms with Crippen molar-refractivity contribution in [3.05, 3.63) is 48.3 Å². The molecule has 110 valence electrons. The molecule has 0 aromatic carbocycles. The minimum atomic E-state index is 0.511. The largest absolute Gasteiger partial charge is 0.469 e. The Labute approximate surface area is 121 Å².